The first-order valence-electron chi connectivity index (χ1n) is 6.94. The van der Waals surface area contributed by atoms with Crippen LogP contribution in [0.5, 0.6) is 5.75 Å². The third-order valence-electron chi connectivity index (χ3n) is 3.30. The van der Waals surface area contributed by atoms with Gasteiger partial charge in [-0.05, 0) is 30.5 Å². The number of nitrogens with zero attached hydrogens (tertiary/aromatic N) is 2. The van der Waals surface area contributed by atoms with Crippen LogP contribution < -0.4 is 10.3 Å². The number of alkyl halides is 3. The molecule has 0 aliphatic heterocycles. The van der Waals surface area contributed by atoms with Crippen molar-refractivity contribution in [3.63, 3.8) is 0 Å². The molecule has 5 nitrogen and oxygen atoms in total. The third-order valence-corrected chi connectivity index (χ3v) is 4.24. The van der Waals surface area contributed by atoms with E-state index in [2.05, 4.69) is 14.7 Å². The molecule has 2 heterocycles. The van der Waals surface area contributed by atoms with Crippen molar-refractivity contribution in [2.75, 3.05) is 12.9 Å². The van der Waals surface area contributed by atoms with Gasteiger partial charge >= 0.3 is 6.18 Å². The lowest BCUT2D eigenvalue weighted by Crippen LogP contribution is -2.21. The summed E-state index contributed by atoms with van der Waals surface area (Å²) in [7, 11) is 0. The van der Waals surface area contributed by atoms with E-state index < -0.39 is 12.8 Å². The van der Waals surface area contributed by atoms with Crippen molar-refractivity contribution in [3.8, 4) is 11.4 Å². The SMILES string of the molecule is CSc1nc2[nH]ccc2c(=O)n1-c1ccc(OCC(F)(F)F)c(Cl)c1. The molecular weight excluding hydrogens is 379 g/mol. The first-order chi connectivity index (χ1) is 11.8. The van der Waals surface area contributed by atoms with Gasteiger partial charge in [0, 0.05) is 6.20 Å². The maximum absolute atomic E-state index is 12.7. The van der Waals surface area contributed by atoms with Crippen LogP contribution in [-0.2, 0) is 0 Å². The Bertz CT molecular complexity index is 984. The van der Waals surface area contributed by atoms with Crippen molar-refractivity contribution in [3.05, 3.63) is 45.8 Å². The Balaban J connectivity index is 2.05. The van der Waals surface area contributed by atoms with Crippen molar-refractivity contribution in [2.45, 2.75) is 11.3 Å². The minimum absolute atomic E-state index is 0.0325. The van der Waals surface area contributed by atoms with Crippen LogP contribution in [0.1, 0.15) is 0 Å². The fourth-order valence-electron chi connectivity index (χ4n) is 2.25. The Morgan fingerprint density at radius 3 is 2.76 bits per heavy atom. The number of rotatable bonds is 4. The van der Waals surface area contributed by atoms with Crippen LogP contribution in [0.2, 0.25) is 5.02 Å². The van der Waals surface area contributed by atoms with Crippen LogP contribution in [-0.4, -0.2) is 33.6 Å². The molecule has 1 aromatic carbocycles. The number of ether oxygens (including phenoxy) is 1. The highest BCUT2D eigenvalue weighted by Gasteiger charge is 2.28. The standard InChI is InChI=1S/C15H11ClF3N3O2S/c1-25-14-21-12-9(4-5-20-12)13(23)22(14)8-2-3-11(10(16)6-8)24-7-15(17,18)19/h2-6,20H,7H2,1H3. The average molecular weight is 390 g/mol. The first kappa shape index (κ1) is 17.7. The number of aromatic amines is 1. The molecule has 0 saturated heterocycles. The number of halogens is 4. The highest BCUT2D eigenvalue weighted by molar-refractivity contribution is 7.98. The van der Waals surface area contributed by atoms with Crippen molar-refractivity contribution in [2.24, 2.45) is 0 Å². The van der Waals surface area contributed by atoms with E-state index in [4.69, 9.17) is 11.6 Å². The highest BCUT2D eigenvalue weighted by atomic mass is 35.5. The van der Waals surface area contributed by atoms with Crippen LogP contribution in [0.25, 0.3) is 16.7 Å². The third kappa shape index (κ3) is 3.62. The second-order valence-electron chi connectivity index (χ2n) is 5.00. The molecule has 3 rings (SSSR count). The molecule has 0 saturated carbocycles. The molecule has 3 aromatic rings. The lowest BCUT2D eigenvalue weighted by molar-refractivity contribution is -0.153. The number of benzene rings is 1. The normalized spacial score (nSPS) is 11.9. The minimum atomic E-state index is -4.46. The maximum Gasteiger partial charge on any atom is 0.422 e. The zero-order chi connectivity index (χ0) is 18.2. The fourth-order valence-corrected chi connectivity index (χ4v) is 3.03. The number of hydrogen-bond acceptors (Lipinski definition) is 4. The highest BCUT2D eigenvalue weighted by Crippen LogP contribution is 2.29. The molecule has 0 aliphatic rings. The second kappa shape index (κ2) is 6.64. The quantitative estimate of drug-likeness (QED) is 0.540. The Morgan fingerprint density at radius 1 is 1.36 bits per heavy atom. The molecule has 0 atom stereocenters. The fraction of sp³-hybridized carbons (Fsp3) is 0.200. The second-order valence-corrected chi connectivity index (χ2v) is 6.18. The number of nitrogens with one attached hydrogen (secondary N) is 1. The number of aromatic nitrogens is 3. The van der Waals surface area contributed by atoms with Crippen molar-refractivity contribution >= 4 is 34.4 Å². The van der Waals surface area contributed by atoms with E-state index in [1.165, 1.54) is 34.5 Å². The van der Waals surface area contributed by atoms with Crippen LogP contribution in [0.15, 0.2) is 40.4 Å². The molecule has 0 amide bonds. The monoisotopic (exact) mass is 389 g/mol. The lowest BCUT2D eigenvalue weighted by Gasteiger charge is -2.14. The summed E-state index contributed by atoms with van der Waals surface area (Å²) >= 11 is 7.27. The average Bonchev–Trinajstić information content (AvgIpc) is 3.01. The van der Waals surface area contributed by atoms with Crippen LogP contribution in [0, 0.1) is 0 Å². The van der Waals surface area contributed by atoms with Gasteiger partial charge in [0.05, 0.1) is 16.1 Å². The zero-order valence-corrected chi connectivity index (χ0v) is 14.3. The summed E-state index contributed by atoms with van der Waals surface area (Å²) in [6.45, 7) is -1.45. The number of H-pyrrole nitrogens is 1. The summed E-state index contributed by atoms with van der Waals surface area (Å²) in [6.07, 6.45) is -1.10. The molecule has 0 fully saturated rings. The van der Waals surface area contributed by atoms with E-state index in [-0.39, 0.29) is 16.3 Å². The van der Waals surface area contributed by atoms with Gasteiger partial charge in [-0.3, -0.25) is 9.36 Å². The Labute approximate surface area is 148 Å². The largest absolute Gasteiger partial charge is 0.483 e. The van der Waals surface area contributed by atoms with Crippen molar-refractivity contribution in [1.82, 2.24) is 14.5 Å². The van der Waals surface area contributed by atoms with Gasteiger partial charge in [0.25, 0.3) is 5.56 Å². The molecular formula is C15H11ClF3N3O2S. The summed E-state index contributed by atoms with van der Waals surface area (Å²) in [5.41, 5.74) is 0.534. The zero-order valence-electron chi connectivity index (χ0n) is 12.7. The predicted octanol–water partition coefficient (Wildman–Crippen LogP) is 4.03. The summed E-state index contributed by atoms with van der Waals surface area (Å²) in [5.74, 6) is -0.114. The molecule has 132 valence electrons. The van der Waals surface area contributed by atoms with Gasteiger partial charge in [-0.2, -0.15) is 13.2 Å². The molecule has 0 bridgehead atoms. The van der Waals surface area contributed by atoms with Gasteiger partial charge in [-0.1, -0.05) is 23.4 Å². The molecule has 0 radical (unpaired) electrons. The van der Waals surface area contributed by atoms with Gasteiger partial charge in [0.15, 0.2) is 11.8 Å². The molecule has 0 spiro atoms. The van der Waals surface area contributed by atoms with Crippen molar-refractivity contribution < 1.29 is 17.9 Å². The van der Waals surface area contributed by atoms with Crippen LogP contribution in [0.4, 0.5) is 13.2 Å². The Kier molecular flexibility index (Phi) is 4.70. The molecule has 2 aromatic heterocycles. The maximum atomic E-state index is 12.7. The topological polar surface area (TPSA) is 59.9 Å². The van der Waals surface area contributed by atoms with E-state index in [0.29, 0.717) is 21.9 Å². The van der Waals surface area contributed by atoms with Gasteiger partial charge in [0.1, 0.15) is 11.4 Å². The van der Waals surface area contributed by atoms with Crippen LogP contribution >= 0.6 is 23.4 Å². The van der Waals surface area contributed by atoms with Gasteiger partial charge in [-0.15, -0.1) is 0 Å². The number of fused-ring (bicyclic) bond motifs is 1. The molecule has 0 aliphatic carbocycles. The summed E-state index contributed by atoms with van der Waals surface area (Å²) in [4.78, 5) is 19.9. The lowest BCUT2D eigenvalue weighted by atomic mass is 10.3. The minimum Gasteiger partial charge on any atom is -0.483 e. The molecule has 1 N–H and O–H groups in total. The predicted molar refractivity (Wildman–Crippen MR) is 90.0 cm³/mol. The molecule has 10 heteroatoms. The van der Waals surface area contributed by atoms with E-state index in [0.717, 1.165) is 0 Å². The Morgan fingerprint density at radius 2 is 2.12 bits per heavy atom. The van der Waals surface area contributed by atoms with Gasteiger partial charge < -0.3 is 9.72 Å². The van der Waals surface area contributed by atoms with E-state index in [1.807, 2.05) is 0 Å². The summed E-state index contributed by atoms with van der Waals surface area (Å²) in [5, 5.41) is 0.779. The first-order valence-corrected chi connectivity index (χ1v) is 8.54. The van der Waals surface area contributed by atoms with E-state index in [9.17, 15) is 18.0 Å². The van der Waals surface area contributed by atoms with Crippen LogP contribution in [0.3, 0.4) is 0 Å². The molecule has 25 heavy (non-hydrogen) atoms. The summed E-state index contributed by atoms with van der Waals surface area (Å²) < 4.78 is 42.8. The smallest absolute Gasteiger partial charge is 0.422 e. The molecule has 0 unspecified atom stereocenters. The van der Waals surface area contributed by atoms with Crippen molar-refractivity contribution in [1.29, 1.82) is 0 Å². The number of thioether (sulfide) groups is 1. The van der Waals surface area contributed by atoms with Gasteiger partial charge in [-0.25, -0.2) is 4.98 Å². The number of hydrogen-bond donors (Lipinski definition) is 1. The van der Waals surface area contributed by atoms with Gasteiger partial charge in [0.2, 0.25) is 0 Å². The van der Waals surface area contributed by atoms with E-state index >= 15 is 0 Å². The Hall–Kier alpha value is -2.13. The van der Waals surface area contributed by atoms with E-state index in [1.54, 1.807) is 18.5 Å². The summed E-state index contributed by atoms with van der Waals surface area (Å²) in [6, 6.07) is 5.72.